The zero-order chi connectivity index (χ0) is 19.8. The normalized spacial score (nSPS) is 22.7. The Balaban J connectivity index is 1.23. The van der Waals surface area contributed by atoms with E-state index < -0.39 is 0 Å². The maximum Gasteiger partial charge on any atom is 0.321 e. The van der Waals surface area contributed by atoms with Gasteiger partial charge >= 0.3 is 6.03 Å². The van der Waals surface area contributed by atoms with Crippen molar-refractivity contribution in [1.82, 2.24) is 15.2 Å². The van der Waals surface area contributed by atoms with Gasteiger partial charge in [0.05, 0.1) is 0 Å². The van der Waals surface area contributed by atoms with Gasteiger partial charge < -0.3 is 15.5 Å². The number of nitrogens with zero attached hydrogens (tertiary/aromatic N) is 2. The number of hydrogen-bond donors (Lipinski definition) is 2. The van der Waals surface area contributed by atoms with Crippen LogP contribution in [0.25, 0.3) is 11.1 Å². The first-order chi connectivity index (χ1) is 14.2. The van der Waals surface area contributed by atoms with Gasteiger partial charge in [0.1, 0.15) is 5.82 Å². The van der Waals surface area contributed by atoms with E-state index in [4.69, 9.17) is 0 Å². The lowest BCUT2D eigenvalue weighted by Crippen LogP contribution is -2.72. The van der Waals surface area contributed by atoms with E-state index in [1.54, 1.807) is 18.3 Å². The van der Waals surface area contributed by atoms with Crippen molar-refractivity contribution in [1.29, 1.82) is 0 Å². The number of piperazine rings is 1. The highest BCUT2D eigenvalue weighted by molar-refractivity contribution is 5.89. The van der Waals surface area contributed by atoms with Crippen LogP contribution in [0.5, 0.6) is 0 Å². The lowest BCUT2D eigenvalue weighted by Gasteiger charge is -2.54. The van der Waals surface area contributed by atoms with Gasteiger partial charge in [-0.2, -0.15) is 0 Å². The van der Waals surface area contributed by atoms with E-state index in [2.05, 4.69) is 45.9 Å². The number of aromatic nitrogens is 1. The van der Waals surface area contributed by atoms with E-state index in [0.717, 1.165) is 11.1 Å². The first kappa shape index (κ1) is 17.8. The van der Waals surface area contributed by atoms with Gasteiger partial charge in [0.25, 0.3) is 0 Å². The summed E-state index contributed by atoms with van der Waals surface area (Å²) < 4.78 is 13.0. The lowest BCUT2D eigenvalue weighted by atomic mass is 9.74. The highest BCUT2D eigenvalue weighted by Gasteiger charge is 2.48. The molecular formula is C23H21FN4O. The van der Waals surface area contributed by atoms with Crippen LogP contribution in [0.1, 0.15) is 11.5 Å². The molecule has 3 aliphatic rings. The molecule has 4 heterocycles. The molecule has 6 heteroatoms. The summed E-state index contributed by atoms with van der Waals surface area (Å²) in [5, 5.41) is 6.40. The molecular weight excluding hydrogens is 367 g/mol. The van der Waals surface area contributed by atoms with Crippen molar-refractivity contribution in [3.8, 4) is 11.1 Å². The first-order valence-corrected chi connectivity index (χ1v) is 9.75. The van der Waals surface area contributed by atoms with Gasteiger partial charge in [-0.25, -0.2) is 9.18 Å². The summed E-state index contributed by atoms with van der Waals surface area (Å²) in [6, 6.07) is 18.8. The van der Waals surface area contributed by atoms with Gasteiger partial charge in [-0.1, -0.05) is 30.3 Å². The largest absolute Gasteiger partial charge is 0.321 e. The van der Waals surface area contributed by atoms with Crippen LogP contribution in [0, 0.1) is 5.82 Å². The average molecular weight is 388 g/mol. The second kappa shape index (κ2) is 7.29. The molecule has 2 N–H and O–H groups in total. The third kappa shape index (κ3) is 3.47. The number of halogens is 1. The summed E-state index contributed by atoms with van der Waals surface area (Å²) in [6.45, 7) is 1.30. The fourth-order valence-corrected chi connectivity index (χ4v) is 4.32. The zero-order valence-corrected chi connectivity index (χ0v) is 15.8. The Morgan fingerprint density at radius 1 is 1.00 bits per heavy atom. The molecule has 29 heavy (non-hydrogen) atoms. The topological polar surface area (TPSA) is 57.3 Å². The van der Waals surface area contributed by atoms with Crippen molar-refractivity contribution in [3.05, 3.63) is 84.4 Å². The van der Waals surface area contributed by atoms with Crippen LogP contribution in [0.2, 0.25) is 0 Å². The Bertz CT molecular complexity index is 995. The molecule has 2 bridgehead atoms. The van der Waals surface area contributed by atoms with Gasteiger partial charge in [-0.3, -0.25) is 4.98 Å². The number of nitrogens with one attached hydrogen (secondary N) is 2. The molecule has 0 saturated carbocycles. The molecule has 146 valence electrons. The average Bonchev–Trinajstić information content (AvgIpc) is 2.76. The van der Waals surface area contributed by atoms with Crippen LogP contribution in [-0.4, -0.2) is 41.1 Å². The quantitative estimate of drug-likeness (QED) is 0.716. The van der Waals surface area contributed by atoms with Crippen LogP contribution >= 0.6 is 0 Å². The van der Waals surface area contributed by atoms with Crippen LogP contribution in [0.3, 0.4) is 0 Å². The molecule has 5 nitrogen and oxygen atoms in total. The monoisotopic (exact) mass is 388 g/mol. The van der Waals surface area contributed by atoms with Crippen LogP contribution < -0.4 is 10.6 Å². The molecule has 3 aromatic rings. The maximum atomic E-state index is 13.0. The SMILES string of the molecule is O=C(Nc1ccc(F)cc1)N1C[C@@H]2N[C@H](C1)C2c1ccc(-c2cccnc2)cc1. The molecule has 0 radical (unpaired) electrons. The molecule has 0 spiro atoms. The molecule has 3 aliphatic heterocycles. The summed E-state index contributed by atoms with van der Waals surface area (Å²) in [4.78, 5) is 18.6. The third-order valence-electron chi connectivity index (χ3n) is 5.80. The molecule has 6 rings (SSSR count). The Morgan fingerprint density at radius 2 is 1.72 bits per heavy atom. The Morgan fingerprint density at radius 3 is 2.38 bits per heavy atom. The number of fused-ring (bicyclic) bond motifs is 2. The zero-order valence-electron chi connectivity index (χ0n) is 15.8. The smallest absolute Gasteiger partial charge is 0.321 e. The molecule has 3 saturated heterocycles. The maximum absolute atomic E-state index is 13.0. The van der Waals surface area contributed by atoms with Crippen LogP contribution in [0.4, 0.5) is 14.9 Å². The summed E-state index contributed by atoms with van der Waals surface area (Å²) in [7, 11) is 0. The first-order valence-electron chi connectivity index (χ1n) is 9.75. The van der Waals surface area contributed by atoms with Crippen LogP contribution in [-0.2, 0) is 0 Å². The number of piperidine rings is 1. The number of amides is 2. The number of benzene rings is 2. The number of pyridine rings is 1. The summed E-state index contributed by atoms with van der Waals surface area (Å²) >= 11 is 0. The number of anilines is 1. The van der Waals surface area contributed by atoms with E-state index in [-0.39, 0.29) is 23.9 Å². The predicted octanol–water partition coefficient (Wildman–Crippen LogP) is 3.86. The highest BCUT2D eigenvalue weighted by Crippen LogP contribution is 2.37. The lowest BCUT2D eigenvalue weighted by molar-refractivity contribution is 0.0759. The molecule has 1 aromatic heterocycles. The Kier molecular flexibility index (Phi) is 4.48. The van der Waals surface area contributed by atoms with Gasteiger partial charge in [0, 0.05) is 49.2 Å². The number of hydrogen-bond acceptors (Lipinski definition) is 3. The van der Waals surface area contributed by atoms with Crippen molar-refractivity contribution in [3.63, 3.8) is 0 Å². The van der Waals surface area contributed by atoms with Crippen molar-refractivity contribution in [2.75, 3.05) is 18.4 Å². The molecule has 1 unspecified atom stereocenters. The standard InChI is InChI=1S/C23H21FN4O/c24-18-7-9-19(10-8-18)26-23(29)28-13-20-22(21(14-28)27-20)16-5-3-15(4-6-16)17-2-1-11-25-12-17/h1-12,20-22,27H,13-14H2,(H,26,29)/t20-,21+,22?. The van der Waals surface area contributed by atoms with E-state index >= 15 is 0 Å². The fourth-order valence-electron chi connectivity index (χ4n) is 4.32. The molecule has 3 fully saturated rings. The molecule has 3 atom stereocenters. The summed E-state index contributed by atoms with van der Waals surface area (Å²) in [5.74, 6) is 0.0941. The van der Waals surface area contributed by atoms with Crippen molar-refractivity contribution in [2.24, 2.45) is 0 Å². The fraction of sp³-hybridized carbons (Fsp3) is 0.217. The summed E-state index contributed by atoms with van der Waals surface area (Å²) in [5.41, 5.74) is 4.16. The third-order valence-corrected chi connectivity index (χ3v) is 5.80. The van der Waals surface area contributed by atoms with Crippen molar-refractivity contribution >= 4 is 11.7 Å². The van der Waals surface area contributed by atoms with Gasteiger partial charge in [-0.15, -0.1) is 0 Å². The minimum absolute atomic E-state index is 0.140. The molecule has 2 aromatic carbocycles. The predicted molar refractivity (Wildman–Crippen MR) is 110 cm³/mol. The minimum Gasteiger partial charge on any atom is -0.321 e. The highest BCUT2D eigenvalue weighted by atomic mass is 19.1. The number of urea groups is 1. The second-order valence-electron chi connectivity index (χ2n) is 7.61. The van der Waals surface area contributed by atoms with Crippen molar-refractivity contribution < 1.29 is 9.18 Å². The summed E-state index contributed by atoms with van der Waals surface area (Å²) in [6.07, 6.45) is 3.64. The number of carbonyl (C=O) groups excluding carboxylic acids is 1. The van der Waals surface area contributed by atoms with E-state index in [1.807, 2.05) is 17.2 Å². The van der Waals surface area contributed by atoms with Crippen molar-refractivity contribution in [2.45, 2.75) is 18.0 Å². The minimum atomic E-state index is -0.316. The second-order valence-corrected chi connectivity index (χ2v) is 7.61. The van der Waals surface area contributed by atoms with Gasteiger partial charge in [-0.05, 0) is 47.0 Å². The van der Waals surface area contributed by atoms with Gasteiger partial charge in [0.15, 0.2) is 0 Å². The Hall–Kier alpha value is -3.25. The van der Waals surface area contributed by atoms with E-state index in [1.165, 1.54) is 17.7 Å². The van der Waals surface area contributed by atoms with E-state index in [0.29, 0.717) is 24.7 Å². The molecule has 0 aliphatic carbocycles. The number of rotatable bonds is 3. The van der Waals surface area contributed by atoms with Crippen LogP contribution in [0.15, 0.2) is 73.1 Å². The molecule has 2 amide bonds. The van der Waals surface area contributed by atoms with Gasteiger partial charge in [0.2, 0.25) is 0 Å². The van der Waals surface area contributed by atoms with E-state index in [9.17, 15) is 9.18 Å². The number of carbonyl (C=O) groups is 1. The Labute approximate surface area is 168 Å².